The summed E-state index contributed by atoms with van der Waals surface area (Å²) in [5, 5.41) is 3.13. The lowest BCUT2D eigenvalue weighted by Gasteiger charge is -2.23. The molecule has 0 radical (unpaired) electrons. The van der Waals surface area contributed by atoms with Gasteiger partial charge < -0.3 is 20.5 Å². The molecule has 0 aromatic carbocycles. The van der Waals surface area contributed by atoms with E-state index in [1.54, 1.807) is 0 Å². The maximum absolute atomic E-state index is 5.79. The molecule has 0 bridgehead atoms. The van der Waals surface area contributed by atoms with Crippen LogP contribution in [0.5, 0.6) is 0 Å². The molecule has 0 aromatic rings. The Labute approximate surface area is 139 Å². The van der Waals surface area contributed by atoms with Crippen LogP contribution in [0.15, 0.2) is 4.99 Å². The van der Waals surface area contributed by atoms with Crippen molar-refractivity contribution in [1.29, 1.82) is 0 Å². The summed E-state index contributed by atoms with van der Waals surface area (Å²) >= 11 is 0. The van der Waals surface area contributed by atoms with Crippen LogP contribution in [0.3, 0.4) is 0 Å². The number of aliphatic imine (C=N–C) groups is 1. The highest BCUT2D eigenvalue weighted by atomic mass is 127. The molecule has 0 amide bonds. The van der Waals surface area contributed by atoms with Crippen molar-refractivity contribution in [3.05, 3.63) is 0 Å². The molecule has 1 heterocycles. The Morgan fingerprint density at radius 1 is 1.30 bits per heavy atom. The van der Waals surface area contributed by atoms with Crippen LogP contribution in [0.4, 0.5) is 0 Å². The third-order valence-corrected chi connectivity index (χ3v) is 3.84. The molecular weight excluding hydrogens is 369 g/mol. The zero-order valence-corrected chi connectivity index (χ0v) is 14.5. The van der Waals surface area contributed by atoms with Gasteiger partial charge in [0.05, 0.1) is 12.7 Å². The van der Waals surface area contributed by atoms with Gasteiger partial charge in [0.2, 0.25) is 0 Å². The normalized spacial score (nSPS) is 23.2. The first-order valence-electron chi connectivity index (χ1n) is 7.58. The van der Waals surface area contributed by atoms with Crippen LogP contribution < -0.4 is 11.1 Å². The van der Waals surface area contributed by atoms with Crippen molar-refractivity contribution in [2.24, 2.45) is 16.6 Å². The average Bonchev–Trinajstić information content (AvgIpc) is 2.84. The lowest BCUT2D eigenvalue weighted by molar-refractivity contribution is 0.0168. The maximum Gasteiger partial charge on any atom is 0.188 e. The Morgan fingerprint density at radius 3 is 2.80 bits per heavy atom. The number of nitrogens with one attached hydrogen (secondary N) is 1. The van der Waals surface area contributed by atoms with Crippen LogP contribution in [0.25, 0.3) is 0 Å². The van der Waals surface area contributed by atoms with Gasteiger partial charge in [0.25, 0.3) is 0 Å². The van der Waals surface area contributed by atoms with Gasteiger partial charge in [-0.15, -0.1) is 24.0 Å². The van der Waals surface area contributed by atoms with Crippen molar-refractivity contribution in [3.63, 3.8) is 0 Å². The summed E-state index contributed by atoms with van der Waals surface area (Å²) in [6.45, 7) is 4.08. The van der Waals surface area contributed by atoms with Crippen molar-refractivity contribution in [2.75, 3.05) is 32.9 Å². The largest absolute Gasteiger partial charge is 0.379 e. The molecule has 2 fully saturated rings. The van der Waals surface area contributed by atoms with Crippen molar-refractivity contribution >= 4 is 29.9 Å². The lowest BCUT2D eigenvalue weighted by atomic mass is 9.86. The van der Waals surface area contributed by atoms with Crippen LogP contribution in [0.1, 0.15) is 38.5 Å². The van der Waals surface area contributed by atoms with E-state index in [0.29, 0.717) is 12.1 Å². The number of rotatable bonds is 8. The summed E-state index contributed by atoms with van der Waals surface area (Å²) in [5.41, 5.74) is 5.79. The fraction of sp³-hybridized carbons (Fsp3) is 0.929. The van der Waals surface area contributed by atoms with Crippen LogP contribution in [0.2, 0.25) is 0 Å². The molecule has 1 unspecified atom stereocenters. The van der Waals surface area contributed by atoms with Crippen molar-refractivity contribution in [1.82, 2.24) is 5.32 Å². The minimum absolute atomic E-state index is 0. The number of halogens is 1. The van der Waals surface area contributed by atoms with E-state index in [4.69, 9.17) is 15.2 Å². The Morgan fingerprint density at radius 2 is 2.15 bits per heavy atom. The number of nitrogens with two attached hydrogens (primary N) is 1. The van der Waals surface area contributed by atoms with E-state index in [1.165, 1.54) is 25.7 Å². The molecule has 1 aliphatic heterocycles. The molecule has 20 heavy (non-hydrogen) atoms. The van der Waals surface area contributed by atoms with E-state index < -0.39 is 0 Å². The van der Waals surface area contributed by atoms with Crippen molar-refractivity contribution in [2.45, 2.75) is 44.6 Å². The lowest BCUT2D eigenvalue weighted by Crippen LogP contribution is -2.34. The third-order valence-electron chi connectivity index (χ3n) is 3.84. The van der Waals surface area contributed by atoms with Gasteiger partial charge in [-0.2, -0.15) is 0 Å². The number of hydrogen-bond donors (Lipinski definition) is 2. The second-order valence-electron chi connectivity index (χ2n) is 5.51. The molecule has 2 aliphatic rings. The third kappa shape index (κ3) is 7.08. The molecule has 118 valence electrons. The zero-order chi connectivity index (χ0) is 13.3. The van der Waals surface area contributed by atoms with Gasteiger partial charge in [0, 0.05) is 26.3 Å². The van der Waals surface area contributed by atoms with Gasteiger partial charge in [0.15, 0.2) is 5.96 Å². The molecular formula is C14H28IN3O2. The monoisotopic (exact) mass is 397 g/mol. The summed E-state index contributed by atoms with van der Waals surface area (Å²) < 4.78 is 11.1. The minimum Gasteiger partial charge on any atom is -0.379 e. The van der Waals surface area contributed by atoms with Gasteiger partial charge in [-0.25, -0.2) is 0 Å². The first kappa shape index (κ1) is 18.0. The summed E-state index contributed by atoms with van der Waals surface area (Å²) in [4.78, 5) is 4.35. The first-order chi connectivity index (χ1) is 9.34. The zero-order valence-electron chi connectivity index (χ0n) is 12.2. The highest BCUT2D eigenvalue weighted by Crippen LogP contribution is 2.26. The second-order valence-corrected chi connectivity index (χ2v) is 5.51. The smallest absolute Gasteiger partial charge is 0.188 e. The summed E-state index contributed by atoms with van der Waals surface area (Å²) in [7, 11) is 0. The van der Waals surface area contributed by atoms with Gasteiger partial charge in [-0.3, -0.25) is 4.99 Å². The Balaban J connectivity index is 0.00000200. The molecule has 1 atom stereocenters. The SMILES string of the molecule is I.NC(=NCC1CCC1)NCCCOCC1CCCO1. The fourth-order valence-electron chi connectivity index (χ4n) is 2.34. The molecule has 1 saturated heterocycles. The predicted molar refractivity (Wildman–Crippen MR) is 91.7 cm³/mol. The molecule has 1 saturated carbocycles. The van der Waals surface area contributed by atoms with Crippen LogP contribution >= 0.6 is 24.0 Å². The van der Waals surface area contributed by atoms with E-state index in [9.17, 15) is 0 Å². The van der Waals surface area contributed by atoms with Gasteiger partial charge in [-0.1, -0.05) is 6.42 Å². The number of ether oxygens (including phenoxy) is 2. The Bertz CT molecular complexity index is 280. The van der Waals surface area contributed by atoms with Crippen LogP contribution in [0, 0.1) is 5.92 Å². The van der Waals surface area contributed by atoms with Crippen LogP contribution in [-0.4, -0.2) is 45.0 Å². The standard InChI is InChI=1S/C14H27N3O2.HI/c15-14(17-10-12-4-1-5-12)16-7-3-8-18-11-13-6-2-9-19-13;/h12-13H,1-11H2,(H3,15,16,17);1H. The van der Waals surface area contributed by atoms with Crippen molar-refractivity contribution in [3.8, 4) is 0 Å². The van der Waals surface area contributed by atoms with E-state index in [1.807, 2.05) is 0 Å². The molecule has 0 spiro atoms. The first-order valence-corrected chi connectivity index (χ1v) is 7.58. The predicted octanol–water partition coefficient (Wildman–Crippen LogP) is 1.89. The van der Waals surface area contributed by atoms with Crippen LogP contribution in [-0.2, 0) is 9.47 Å². The minimum atomic E-state index is 0. The molecule has 5 nitrogen and oxygen atoms in total. The molecule has 1 aliphatic carbocycles. The van der Waals surface area contributed by atoms with Gasteiger partial charge in [0.1, 0.15) is 0 Å². The second kappa shape index (κ2) is 10.6. The highest BCUT2D eigenvalue weighted by molar-refractivity contribution is 14.0. The Hall–Kier alpha value is -0.0800. The fourth-order valence-corrected chi connectivity index (χ4v) is 2.34. The quantitative estimate of drug-likeness (QED) is 0.284. The summed E-state index contributed by atoms with van der Waals surface area (Å²) in [5.74, 6) is 1.35. The molecule has 3 N–H and O–H groups in total. The van der Waals surface area contributed by atoms with Gasteiger partial charge in [-0.05, 0) is 38.0 Å². The number of hydrogen-bond acceptors (Lipinski definition) is 3. The number of nitrogens with zero attached hydrogens (tertiary/aromatic N) is 1. The Kier molecular flexibility index (Phi) is 9.54. The number of guanidine groups is 1. The molecule has 2 rings (SSSR count). The van der Waals surface area contributed by atoms with E-state index in [-0.39, 0.29) is 24.0 Å². The van der Waals surface area contributed by atoms with Gasteiger partial charge >= 0.3 is 0 Å². The molecule has 0 aromatic heterocycles. The summed E-state index contributed by atoms with van der Waals surface area (Å²) in [6, 6.07) is 0. The average molecular weight is 397 g/mol. The summed E-state index contributed by atoms with van der Waals surface area (Å²) in [6.07, 6.45) is 7.56. The molecule has 6 heteroatoms. The van der Waals surface area contributed by atoms with Crippen molar-refractivity contribution < 1.29 is 9.47 Å². The van der Waals surface area contributed by atoms with E-state index in [0.717, 1.165) is 51.7 Å². The van der Waals surface area contributed by atoms with E-state index >= 15 is 0 Å². The maximum atomic E-state index is 5.79. The topological polar surface area (TPSA) is 68.9 Å². The highest BCUT2D eigenvalue weighted by Gasteiger charge is 2.16. The van der Waals surface area contributed by atoms with E-state index in [2.05, 4.69) is 10.3 Å².